The highest BCUT2D eigenvalue weighted by molar-refractivity contribution is 5.74. The summed E-state index contributed by atoms with van der Waals surface area (Å²) in [6.07, 6.45) is 4.25. The summed E-state index contributed by atoms with van der Waals surface area (Å²) < 4.78 is 15.6. The van der Waals surface area contributed by atoms with Crippen LogP contribution in [0.4, 0.5) is 10.1 Å². The number of benzene rings is 3. The van der Waals surface area contributed by atoms with E-state index >= 15 is 0 Å². The number of nitrogens with zero attached hydrogens (tertiary/aromatic N) is 2. The molecule has 1 aromatic heterocycles. The molecule has 0 saturated carbocycles. The van der Waals surface area contributed by atoms with Gasteiger partial charge in [-0.05, 0) is 59.2 Å². The van der Waals surface area contributed by atoms with Crippen molar-refractivity contribution in [2.24, 2.45) is 7.05 Å². The molecule has 0 radical (unpaired) electrons. The maximum absolute atomic E-state index is 13.5. The van der Waals surface area contributed by atoms with Crippen molar-refractivity contribution in [3.05, 3.63) is 108 Å². The Bertz CT molecular complexity index is 1200. The van der Waals surface area contributed by atoms with Gasteiger partial charge in [-0.1, -0.05) is 42.5 Å². The van der Waals surface area contributed by atoms with Gasteiger partial charge in [0.15, 0.2) is 0 Å². The van der Waals surface area contributed by atoms with Gasteiger partial charge in [-0.15, -0.1) is 0 Å². The van der Waals surface area contributed by atoms with E-state index < -0.39 is 0 Å². The van der Waals surface area contributed by atoms with Crippen molar-refractivity contribution in [2.45, 2.75) is 0 Å². The summed E-state index contributed by atoms with van der Waals surface area (Å²) in [6, 6.07) is 29.8. The molecule has 4 rings (SSSR count). The minimum Gasteiger partial charge on any atom is -1.00 e. The largest absolute Gasteiger partial charge is 1.00 e. The van der Waals surface area contributed by atoms with Gasteiger partial charge in [0.05, 0.1) is 0 Å². The highest BCUT2D eigenvalue weighted by Gasteiger charge is 2.16. The third kappa shape index (κ3) is 5.43. The van der Waals surface area contributed by atoms with Crippen LogP contribution in [0.1, 0.15) is 11.3 Å². The minimum absolute atomic E-state index is 0. The Morgan fingerprint density at radius 2 is 1.38 bits per heavy atom. The van der Waals surface area contributed by atoms with E-state index in [1.807, 2.05) is 51.5 Å². The zero-order valence-corrected chi connectivity index (χ0v) is 20.6. The minimum atomic E-state index is -0.230. The molecule has 0 amide bonds. The van der Waals surface area contributed by atoms with Gasteiger partial charge in [-0.25, -0.2) is 4.39 Å². The van der Waals surface area contributed by atoms with E-state index in [1.54, 1.807) is 0 Å². The fourth-order valence-corrected chi connectivity index (χ4v) is 3.60. The number of hydrogen-bond acceptors (Lipinski definition) is 1. The summed E-state index contributed by atoms with van der Waals surface area (Å²) in [6.45, 7) is 0. The van der Waals surface area contributed by atoms with Crippen molar-refractivity contribution >= 4 is 17.8 Å². The van der Waals surface area contributed by atoms with Gasteiger partial charge in [-0.3, -0.25) is 0 Å². The second-order valence-corrected chi connectivity index (χ2v) is 7.81. The third-order valence-corrected chi connectivity index (χ3v) is 5.45. The number of pyridine rings is 1. The lowest BCUT2D eigenvalue weighted by Gasteiger charge is -2.11. The summed E-state index contributed by atoms with van der Waals surface area (Å²) in [5, 5.41) is 0. The first-order valence-electron chi connectivity index (χ1n) is 10.3. The molecule has 2 nitrogen and oxygen atoms in total. The Kier molecular flexibility index (Phi) is 7.80. The molecule has 162 valence electrons. The molecule has 4 heteroatoms. The van der Waals surface area contributed by atoms with Gasteiger partial charge >= 0.3 is 0 Å². The third-order valence-electron chi connectivity index (χ3n) is 5.45. The average molecular weight is 536 g/mol. The van der Waals surface area contributed by atoms with E-state index in [1.165, 1.54) is 17.8 Å². The van der Waals surface area contributed by atoms with Crippen molar-refractivity contribution in [2.75, 3.05) is 19.0 Å². The van der Waals surface area contributed by atoms with Crippen LogP contribution in [-0.2, 0) is 7.05 Å². The molecule has 0 aliphatic rings. The molecule has 0 aliphatic heterocycles. The van der Waals surface area contributed by atoms with Crippen molar-refractivity contribution in [1.29, 1.82) is 0 Å². The van der Waals surface area contributed by atoms with Gasteiger partial charge in [0.2, 0.25) is 11.4 Å². The maximum Gasteiger partial charge on any atom is 0.213 e. The Labute approximate surface area is 206 Å². The molecule has 0 bridgehead atoms. The zero-order chi connectivity index (χ0) is 21.8. The molecule has 0 spiro atoms. The lowest BCUT2D eigenvalue weighted by Crippen LogP contribution is -3.00. The fourth-order valence-electron chi connectivity index (χ4n) is 3.60. The van der Waals surface area contributed by atoms with Crippen LogP contribution in [0.3, 0.4) is 0 Å². The molecule has 1 heterocycles. The highest BCUT2D eigenvalue weighted by atomic mass is 127. The van der Waals surface area contributed by atoms with Crippen LogP contribution in [0.2, 0.25) is 0 Å². The number of aromatic nitrogens is 1. The monoisotopic (exact) mass is 536 g/mol. The summed E-state index contributed by atoms with van der Waals surface area (Å²) in [5.74, 6) is -0.230. The van der Waals surface area contributed by atoms with Crippen LogP contribution in [-0.4, -0.2) is 14.1 Å². The predicted molar refractivity (Wildman–Crippen MR) is 128 cm³/mol. The molecule has 0 aliphatic carbocycles. The van der Waals surface area contributed by atoms with Crippen LogP contribution in [0.15, 0.2) is 91.0 Å². The van der Waals surface area contributed by atoms with E-state index in [9.17, 15) is 4.39 Å². The summed E-state index contributed by atoms with van der Waals surface area (Å²) in [7, 11) is 6.12. The number of rotatable bonds is 5. The molecule has 0 fully saturated rings. The van der Waals surface area contributed by atoms with E-state index in [0.29, 0.717) is 0 Å². The molecule has 0 atom stereocenters. The van der Waals surface area contributed by atoms with Crippen LogP contribution in [0.25, 0.3) is 34.5 Å². The van der Waals surface area contributed by atoms with Crippen LogP contribution in [0.5, 0.6) is 0 Å². The van der Waals surface area contributed by atoms with Gasteiger partial charge in [0.25, 0.3) is 0 Å². The number of anilines is 1. The fraction of sp³-hybridized carbons (Fsp3) is 0.107. The lowest BCUT2D eigenvalue weighted by atomic mass is 10.0. The molecule has 3 aromatic carbocycles. The molecular formula is C28H26FIN2. The Balaban J connectivity index is 0.00000289. The van der Waals surface area contributed by atoms with Crippen molar-refractivity contribution in [3.63, 3.8) is 0 Å². The highest BCUT2D eigenvalue weighted by Crippen LogP contribution is 2.26. The number of hydrogen-bond donors (Lipinski definition) is 0. The first kappa shape index (κ1) is 23.7. The van der Waals surface area contributed by atoms with Crippen LogP contribution >= 0.6 is 0 Å². The van der Waals surface area contributed by atoms with E-state index in [0.717, 1.165) is 33.6 Å². The lowest BCUT2D eigenvalue weighted by molar-refractivity contribution is -0.662. The first-order chi connectivity index (χ1) is 15.0. The second kappa shape index (κ2) is 10.6. The first-order valence-corrected chi connectivity index (χ1v) is 10.3. The quantitative estimate of drug-likeness (QED) is 0.281. The zero-order valence-electron chi connectivity index (χ0n) is 18.5. The van der Waals surface area contributed by atoms with Gasteiger partial charge in [0.1, 0.15) is 12.9 Å². The van der Waals surface area contributed by atoms with Crippen LogP contribution < -0.4 is 33.4 Å². The summed E-state index contributed by atoms with van der Waals surface area (Å²) in [4.78, 5) is 2.09. The normalized spacial score (nSPS) is 10.8. The van der Waals surface area contributed by atoms with E-state index in [-0.39, 0.29) is 29.8 Å². The SMILES string of the molecule is CN(C)c1ccc(/C=C/c2cc(-c3ccccc3)cc(-c3ccc(F)cc3)[n+]2C)cc1.[I-]. The van der Waals surface area contributed by atoms with Gasteiger partial charge < -0.3 is 28.9 Å². The molecule has 0 N–H and O–H groups in total. The van der Waals surface area contributed by atoms with E-state index in [4.69, 9.17) is 0 Å². The van der Waals surface area contributed by atoms with Gasteiger partial charge in [-0.2, -0.15) is 4.57 Å². The Hall–Kier alpha value is -2.99. The predicted octanol–water partition coefficient (Wildman–Crippen LogP) is 3.22. The summed E-state index contributed by atoms with van der Waals surface area (Å²) >= 11 is 0. The van der Waals surface area contributed by atoms with Crippen molar-refractivity contribution in [1.82, 2.24) is 0 Å². The molecule has 4 aromatic rings. The second-order valence-electron chi connectivity index (χ2n) is 7.81. The summed E-state index contributed by atoms with van der Waals surface area (Å²) in [5.41, 5.74) is 7.66. The smallest absolute Gasteiger partial charge is 0.213 e. The van der Waals surface area contributed by atoms with Crippen LogP contribution in [0, 0.1) is 5.82 Å². The molecule has 32 heavy (non-hydrogen) atoms. The van der Waals surface area contributed by atoms with Crippen molar-refractivity contribution < 1.29 is 32.9 Å². The van der Waals surface area contributed by atoms with E-state index in [2.05, 4.69) is 70.1 Å². The standard InChI is InChI=1S/C28H26FN2.HI/c1-30(2)26-16-9-21(10-17-26)11-18-27-19-24(22-7-5-4-6-8-22)20-28(31(27)3)23-12-14-25(29)15-13-23;/h4-20H,1-3H3;1H/q+1;/p-1. The Morgan fingerprint density at radius 1 is 0.719 bits per heavy atom. The van der Waals surface area contributed by atoms with Gasteiger partial charge in [0, 0.05) is 43.6 Å². The molecule has 0 unspecified atom stereocenters. The number of halogens is 2. The molecule has 0 saturated heterocycles. The average Bonchev–Trinajstić information content (AvgIpc) is 2.80. The van der Waals surface area contributed by atoms with Crippen molar-refractivity contribution in [3.8, 4) is 22.4 Å². The Morgan fingerprint density at radius 3 is 2.00 bits per heavy atom. The topological polar surface area (TPSA) is 7.12 Å². The molecular weight excluding hydrogens is 510 g/mol. The maximum atomic E-state index is 13.5.